The van der Waals surface area contributed by atoms with Gasteiger partial charge in [-0.25, -0.2) is 4.79 Å². The smallest absolute Gasteiger partial charge is 0.425 e. The van der Waals surface area contributed by atoms with Gasteiger partial charge in [-0.3, -0.25) is 0 Å². The molecule has 64 valence electrons. The summed E-state index contributed by atoms with van der Waals surface area (Å²) in [6, 6.07) is 0. The molecule has 0 spiro atoms. The maximum absolute atomic E-state index is 11.4. The van der Waals surface area contributed by atoms with Crippen LogP contribution in [0.25, 0.3) is 0 Å². The van der Waals surface area contributed by atoms with E-state index in [1.54, 1.807) is 0 Å². The number of carbonyl (C=O) groups is 1. The summed E-state index contributed by atoms with van der Waals surface area (Å²) < 4.78 is 38.1. The molecule has 0 heterocycles. The fourth-order valence-electron chi connectivity index (χ4n) is 0.261. The van der Waals surface area contributed by atoms with E-state index in [0.29, 0.717) is 0 Å². The largest absolute Gasteiger partial charge is 0.491 e. The molecule has 0 N–H and O–H groups in total. The van der Waals surface area contributed by atoms with Gasteiger partial charge in [-0.15, -0.1) is 0 Å². The molecule has 0 aromatic rings. The van der Waals surface area contributed by atoms with Gasteiger partial charge in [0, 0.05) is 6.42 Å². The summed E-state index contributed by atoms with van der Waals surface area (Å²) in [7, 11) is 0. The summed E-state index contributed by atoms with van der Waals surface area (Å²) in [4.78, 5) is 10.0. The summed E-state index contributed by atoms with van der Waals surface area (Å²) in [5.41, 5.74) is 0. The zero-order chi connectivity index (χ0) is 9.07. The number of rotatable bonds is 2. The van der Waals surface area contributed by atoms with E-state index in [1.165, 1.54) is 6.92 Å². The van der Waals surface area contributed by atoms with Gasteiger partial charge >= 0.3 is 12.1 Å². The fraction of sp³-hybridized carbons (Fsp3) is 0.500. The lowest BCUT2D eigenvalue weighted by Gasteiger charge is -2.06. The Morgan fingerprint density at radius 3 is 2.27 bits per heavy atom. The van der Waals surface area contributed by atoms with E-state index in [-0.39, 0.29) is 12.2 Å². The van der Waals surface area contributed by atoms with Crippen LogP contribution in [-0.4, -0.2) is 12.1 Å². The maximum Gasteiger partial charge on any atom is 0.491 e. The Hall–Kier alpha value is -1.00. The van der Waals surface area contributed by atoms with Crippen LogP contribution in [-0.2, 0) is 9.53 Å². The number of halogens is 3. The quantitative estimate of drug-likeness (QED) is 0.465. The van der Waals surface area contributed by atoms with Crippen LogP contribution in [0.15, 0.2) is 12.3 Å². The van der Waals surface area contributed by atoms with Crippen molar-refractivity contribution in [2.45, 2.75) is 19.5 Å². The number of ether oxygens (including phenoxy) is 1. The molecule has 2 nitrogen and oxygen atoms in total. The first-order chi connectivity index (χ1) is 4.88. The lowest BCUT2D eigenvalue weighted by atomic mass is 10.4. The molecular formula is C6H7F3O2. The van der Waals surface area contributed by atoms with Crippen molar-refractivity contribution in [1.82, 2.24) is 0 Å². The number of allylic oxidation sites excluding steroid dienone is 1. The first-order valence-corrected chi connectivity index (χ1v) is 2.84. The standard InChI is InChI=1S/C6H7F3O2/c1-3-4(2)11-5(10)6(7,8)9/h2-3H2,1H3. The van der Waals surface area contributed by atoms with Crippen LogP contribution in [0.4, 0.5) is 13.2 Å². The van der Waals surface area contributed by atoms with Gasteiger partial charge in [0.25, 0.3) is 0 Å². The Kier molecular flexibility index (Phi) is 3.10. The normalized spacial score (nSPS) is 10.9. The van der Waals surface area contributed by atoms with Gasteiger partial charge in [-0.1, -0.05) is 13.5 Å². The lowest BCUT2D eigenvalue weighted by molar-refractivity contribution is -0.195. The number of hydrogen-bond donors (Lipinski definition) is 0. The molecule has 11 heavy (non-hydrogen) atoms. The average molecular weight is 168 g/mol. The molecule has 0 amide bonds. The number of carbonyl (C=O) groups excluding carboxylic acids is 1. The molecule has 5 heteroatoms. The number of esters is 1. The molecule has 0 aromatic carbocycles. The second-order valence-electron chi connectivity index (χ2n) is 1.78. The molecule has 0 bridgehead atoms. The molecule has 0 saturated heterocycles. The Balaban J connectivity index is 3.99. The van der Waals surface area contributed by atoms with E-state index in [9.17, 15) is 18.0 Å². The minimum absolute atomic E-state index is 0.182. The second kappa shape index (κ2) is 3.41. The Morgan fingerprint density at radius 2 is 2.00 bits per heavy atom. The molecule has 0 radical (unpaired) electrons. The van der Waals surface area contributed by atoms with E-state index < -0.39 is 12.1 Å². The van der Waals surface area contributed by atoms with Crippen molar-refractivity contribution in [2.75, 3.05) is 0 Å². The molecule has 0 rings (SSSR count). The van der Waals surface area contributed by atoms with Crippen LogP contribution < -0.4 is 0 Å². The third kappa shape index (κ3) is 3.64. The summed E-state index contributed by atoms with van der Waals surface area (Å²) in [5, 5.41) is 0. The van der Waals surface area contributed by atoms with Crippen molar-refractivity contribution in [3.63, 3.8) is 0 Å². The third-order valence-electron chi connectivity index (χ3n) is 0.863. The Bertz CT molecular complexity index is 171. The minimum Gasteiger partial charge on any atom is -0.425 e. The van der Waals surface area contributed by atoms with Crippen molar-refractivity contribution in [3.8, 4) is 0 Å². The highest BCUT2D eigenvalue weighted by Crippen LogP contribution is 2.18. The SMILES string of the molecule is C=C(CC)OC(=O)C(F)(F)F. The molecule has 0 aliphatic rings. The van der Waals surface area contributed by atoms with E-state index >= 15 is 0 Å². The second-order valence-corrected chi connectivity index (χ2v) is 1.78. The van der Waals surface area contributed by atoms with Crippen LogP contribution >= 0.6 is 0 Å². The fourth-order valence-corrected chi connectivity index (χ4v) is 0.261. The molecule has 0 saturated carbocycles. The van der Waals surface area contributed by atoms with Crippen LogP contribution in [0.1, 0.15) is 13.3 Å². The van der Waals surface area contributed by atoms with Crippen molar-refractivity contribution in [2.24, 2.45) is 0 Å². The summed E-state index contributed by atoms with van der Waals surface area (Å²) in [5.74, 6) is -2.41. The molecule has 0 fully saturated rings. The zero-order valence-electron chi connectivity index (χ0n) is 5.86. The maximum atomic E-state index is 11.4. The van der Waals surface area contributed by atoms with Crippen LogP contribution in [0.5, 0.6) is 0 Å². The van der Waals surface area contributed by atoms with Gasteiger partial charge in [-0.2, -0.15) is 13.2 Å². The van der Waals surface area contributed by atoms with Crippen molar-refractivity contribution < 1.29 is 22.7 Å². The molecule has 0 aliphatic heterocycles. The van der Waals surface area contributed by atoms with E-state index in [4.69, 9.17) is 0 Å². The molecule has 0 aromatic heterocycles. The summed E-state index contributed by atoms with van der Waals surface area (Å²) >= 11 is 0. The predicted molar refractivity (Wildman–Crippen MR) is 31.6 cm³/mol. The number of hydrogen-bond acceptors (Lipinski definition) is 2. The van der Waals surface area contributed by atoms with Crippen LogP contribution in [0, 0.1) is 0 Å². The average Bonchev–Trinajstić information content (AvgIpc) is 1.85. The topological polar surface area (TPSA) is 26.3 Å². The Morgan fingerprint density at radius 1 is 1.55 bits per heavy atom. The van der Waals surface area contributed by atoms with Gasteiger partial charge in [0.05, 0.1) is 0 Å². The van der Waals surface area contributed by atoms with E-state index in [0.717, 1.165) is 0 Å². The summed E-state index contributed by atoms with van der Waals surface area (Å²) in [6.07, 6.45) is -4.75. The summed E-state index contributed by atoms with van der Waals surface area (Å²) in [6.45, 7) is 4.62. The molecule has 0 unspecified atom stereocenters. The molecule has 0 atom stereocenters. The minimum atomic E-state index is -4.93. The highest BCUT2D eigenvalue weighted by molar-refractivity contribution is 5.76. The van der Waals surface area contributed by atoms with Gasteiger partial charge in [0.15, 0.2) is 0 Å². The van der Waals surface area contributed by atoms with E-state index in [2.05, 4.69) is 11.3 Å². The van der Waals surface area contributed by atoms with Crippen molar-refractivity contribution in [3.05, 3.63) is 12.3 Å². The van der Waals surface area contributed by atoms with Gasteiger partial charge < -0.3 is 4.74 Å². The van der Waals surface area contributed by atoms with Gasteiger partial charge in [-0.05, 0) is 0 Å². The van der Waals surface area contributed by atoms with E-state index in [1.807, 2.05) is 0 Å². The molecular weight excluding hydrogens is 161 g/mol. The lowest BCUT2D eigenvalue weighted by Crippen LogP contribution is -2.24. The van der Waals surface area contributed by atoms with Crippen molar-refractivity contribution >= 4 is 5.97 Å². The van der Waals surface area contributed by atoms with Gasteiger partial charge in [0.1, 0.15) is 5.76 Å². The third-order valence-corrected chi connectivity index (χ3v) is 0.863. The predicted octanol–water partition coefficient (Wildman–Crippen LogP) is 2.02. The first kappa shape index (κ1) is 10.0. The Labute approximate surface area is 61.6 Å². The monoisotopic (exact) mass is 168 g/mol. The van der Waals surface area contributed by atoms with Gasteiger partial charge in [0.2, 0.25) is 0 Å². The molecule has 0 aliphatic carbocycles. The zero-order valence-corrected chi connectivity index (χ0v) is 5.86. The highest BCUT2D eigenvalue weighted by atomic mass is 19.4. The van der Waals surface area contributed by atoms with Crippen molar-refractivity contribution in [1.29, 1.82) is 0 Å². The first-order valence-electron chi connectivity index (χ1n) is 2.84. The van der Waals surface area contributed by atoms with Crippen LogP contribution in [0.3, 0.4) is 0 Å². The number of alkyl halides is 3. The highest BCUT2D eigenvalue weighted by Gasteiger charge is 2.41. The van der Waals surface area contributed by atoms with Crippen LogP contribution in [0.2, 0.25) is 0 Å².